The molecule has 0 amide bonds. The van der Waals surface area contributed by atoms with Crippen LogP contribution in [0.3, 0.4) is 0 Å². The smallest absolute Gasteiger partial charge is 0.0159 e. The third-order valence-corrected chi connectivity index (χ3v) is 14.0. The van der Waals surface area contributed by atoms with Crippen molar-refractivity contribution >= 4 is 75.4 Å². The van der Waals surface area contributed by atoms with Gasteiger partial charge in [0.25, 0.3) is 0 Å². The molecular weight excluding hydrogens is 733 g/mol. The van der Waals surface area contributed by atoms with Gasteiger partial charge in [-0.3, -0.25) is 0 Å². The summed E-state index contributed by atoms with van der Waals surface area (Å²) in [6, 6.07) is 77.8. The van der Waals surface area contributed by atoms with Crippen LogP contribution in [0.5, 0.6) is 0 Å². The van der Waals surface area contributed by atoms with Crippen LogP contribution >= 0.6 is 0 Å². The zero-order valence-electron chi connectivity index (χ0n) is 34.1. The molecule has 0 saturated heterocycles. The van der Waals surface area contributed by atoms with E-state index in [4.69, 9.17) is 0 Å². The molecule has 0 fully saturated rings. The van der Waals surface area contributed by atoms with E-state index in [9.17, 15) is 0 Å². The molecule has 61 heavy (non-hydrogen) atoms. The van der Waals surface area contributed by atoms with E-state index in [2.05, 4.69) is 220 Å². The van der Waals surface area contributed by atoms with Crippen molar-refractivity contribution in [2.75, 3.05) is 0 Å². The molecule has 1 aliphatic carbocycles. The quantitative estimate of drug-likeness (QED) is 0.157. The fourth-order valence-corrected chi connectivity index (χ4v) is 10.9. The summed E-state index contributed by atoms with van der Waals surface area (Å²) in [5.74, 6) is 0. The highest BCUT2D eigenvalue weighted by Gasteiger charge is 2.35. The number of hydrogen-bond acceptors (Lipinski definition) is 0. The van der Waals surface area contributed by atoms with E-state index in [1.807, 2.05) is 0 Å². The summed E-state index contributed by atoms with van der Waals surface area (Å²) >= 11 is 0. The van der Waals surface area contributed by atoms with Gasteiger partial charge in [0.15, 0.2) is 0 Å². The Kier molecular flexibility index (Phi) is 7.17. The molecule has 0 N–H and O–H groups in total. The minimum absolute atomic E-state index is 0.0694. The topological polar surface area (TPSA) is 0 Å². The summed E-state index contributed by atoms with van der Waals surface area (Å²) in [5.41, 5.74) is 12.9. The summed E-state index contributed by atoms with van der Waals surface area (Å²) in [4.78, 5) is 0. The van der Waals surface area contributed by atoms with Crippen molar-refractivity contribution in [3.63, 3.8) is 0 Å². The molecule has 12 aromatic carbocycles. The zero-order chi connectivity index (χ0) is 40.4. The molecule has 0 spiro atoms. The summed E-state index contributed by atoms with van der Waals surface area (Å²) in [5, 5.41) is 17.8. The minimum Gasteiger partial charge on any atom is -0.0619 e. The lowest BCUT2D eigenvalue weighted by Crippen LogP contribution is -2.14. The van der Waals surface area contributed by atoms with Crippen LogP contribution in [0, 0.1) is 0 Å². The lowest BCUT2D eigenvalue weighted by Gasteiger charge is -2.22. The van der Waals surface area contributed by atoms with E-state index in [1.54, 1.807) is 0 Å². The summed E-state index contributed by atoms with van der Waals surface area (Å²) in [6.45, 7) is 4.74. The molecule has 12 aromatic rings. The van der Waals surface area contributed by atoms with E-state index >= 15 is 0 Å². The monoisotopic (exact) mass is 772 g/mol. The van der Waals surface area contributed by atoms with Crippen molar-refractivity contribution in [2.45, 2.75) is 19.3 Å². The van der Waals surface area contributed by atoms with Gasteiger partial charge in [-0.25, -0.2) is 0 Å². The molecular formula is C61H40. The molecule has 0 atom stereocenters. The summed E-state index contributed by atoms with van der Waals surface area (Å²) in [6.07, 6.45) is 0. The van der Waals surface area contributed by atoms with E-state index in [1.165, 1.54) is 131 Å². The second-order valence-electron chi connectivity index (χ2n) is 17.6. The largest absolute Gasteiger partial charge is 0.0619 e. The van der Waals surface area contributed by atoms with Gasteiger partial charge in [0.05, 0.1) is 0 Å². The number of fused-ring (bicyclic) bond motifs is 14. The number of benzene rings is 12. The third kappa shape index (κ3) is 5.06. The molecule has 13 rings (SSSR count). The minimum atomic E-state index is -0.0694. The molecule has 0 saturated carbocycles. The standard InChI is InChI=1S/C61H40/c1-61(2)59-18-10-9-17-52(59)53-30-24-40(34-60(53)61)39-23-29-51-55(44-26-28-48-42(32-44)22-20-38-12-4-6-14-46(38)48)35-57-50-16-8-7-15-49(50)54(36-58(57)56(51)33-39)43-25-27-47-41(31-43)21-19-37-11-3-5-13-45(37)47/h3-36H,1-2H3. The second kappa shape index (κ2) is 12.7. The molecule has 0 bridgehead atoms. The van der Waals surface area contributed by atoms with Crippen LogP contribution in [0.4, 0.5) is 0 Å². The average molecular weight is 773 g/mol. The van der Waals surface area contributed by atoms with Crippen molar-refractivity contribution in [2.24, 2.45) is 0 Å². The van der Waals surface area contributed by atoms with Crippen molar-refractivity contribution in [1.82, 2.24) is 0 Å². The van der Waals surface area contributed by atoms with Crippen LogP contribution < -0.4 is 0 Å². The highest BCUT2D eigenvalue weighted by molar-refractivity contribution is 6.25. The molecule has 0 aliphatic heterocycles. The van der Waals surface area contributed by atoms with E-state index in [0.717, 1.165) is 0 Å². The molecule has 0 heteroatoms. The lowest BCUT2D eigenvalue weighted by atomic mass is 9.81. The van der Waals surface area contributed by atoms with Gasteiger partial charge >= 0.3 is 0 Å². The Morgan fingerprint density at radius 3 is 1.33 bits per heavy atom. The molecule has 1 aliphatic rings. The first-order chi connectivity index (χ1) is 30.0. The SMILES string of the molecule is CC1(C)c2ccccc2-c2ccc(-c3ccc4c(-c5ccc6c(ccc7ccccc76)c5)cc5c6ccccc6c(-c6ccc7c(ccc8ccccc87)c6)cc5c4c3)cc21. The Bertz CT molecular complexity index is 3840. The fraction of sp³-hybridized carbons (Fsp3) is 0.0492. The maximum Gasteiger partial charge on any atom is 0.0159 e. The molecule has 0 unspecified atom stereocenters. The van der Waals surface area contributed by atoms with Gasteiger partial charge in [-0.1, -0.05) is 184 Å². The van der Waals surface area contributed by atoms with Crippen molar-refractivity contribution in [1.29, 1.82) is 0 Å². The van der Waals surface area contributed by atoms with Gasteiger partial charge in [0.2, 0.25) is 0 Å². The highest BCUT2D eigenvalue weighted by Crippen LogP contribution is 2.50. The average Bonchev–Trinajstić information content (AvgIpc) is 3.55. The zero-order valence-corrected chi connectivity index (χ0v) is 34.1. The van der Waals surface area contributed by atoms with Crippen molar-refractivity contribution in [3.05, 3.63) is 217 Å². The van der Waals surface area contributed by atoms with E-state index in [0.29, 0.717) is 0 Å². The summed E-state index contributed by atoms with van der Waals surface area (Å²) in [7, 11) is 0. The molecule has 0 aromatic heterocycles. The van der Waals surface area contributed by atoms with Gasteiger partial charge in [0.1, 0.15) is 0 Å². The van der Waals surface area contributed by atoms with E-state index < -0.39 is 0 Å². The Morgan fingerprint density at radius 1 is 0.230 bits per heavy atom. The number of hydrogen-bond donors (Lipinski definition) is 0. The van der Waals surface area contributed by atoms with Gasteiger partial charge in [-0.2, -0.15) is 0 Å². The molecule has 284 valence electrons. The Balaban J connectivity index is 1.08. The van der Waals surface area contributed by atoms with Gasteiger partial charge in [-0.15, -0.1) is 0 Å². The first-order valence-corrected chi connectivity index (χ1v) is 21.5. The maximum absolute atomic E-state index is 2.48. The van der Waals surface area contributed by atoms with Crippen LogP contribution in [0.1, 0.15) is 25.0 Å². The number of rotatable bonds is 3. The van der Waals surface area contributed by atoms with Crippen LogP contribution in [-0.4, -0.2) is 0 Å². The van der Waals surface area contributed by atoms with Crippen LogP contribution in [-0.2, 0) is 5.41 Å². The van der Waals surface area contributed by atoms with Crippen molar-refractivity contribution < 1.29 is 0 Å². The lowest BCUT2D eigenvalue weighted by molar-refractivity contribution is 0.660. The van der Waals surface area contributed by atoms with E-state index in [-0.39, 0.29) is 5.41 Å². The third-order valence-electron chi connectivity index (χ3n) is 14.0. The van der Waals surface area contributed by atoms with Crippen LogP contribution in [0.2, 0.25) is 0 Å². The van der Waals surface area contributed by atoms with Gasteiger partial charge in [0, 0.05) is 5.41 Å². The van der Waals surface area contributed by atoms with Crippen molar-refractivity contribution in [3.8, 4) is 44.5 Å². The van der Waals surface area contributed by atoms with Crippen LogP contribution in [0.15, 0.2) is 206 Å². The van der Waals surface area contributed by atoms with Crippen LogP contribution in [0.25, 0.3) is 120 Å². The first kappa shape index (κ1) is 34.3. The molecule has 0 radical (unpaired) electrons. The second-order valence-corrected chi connectivity index (χ2v) is 17.6. The normalized spacial score (nSPS) is 13.2. The maximum atomic E-state index is 2.48. The predicted molar refractivity (Wildman–Crippen MR) is 263 cm³/mol. The first-order valence-electron chi connectivity index (χ1n) is 21.5. The van der Waals surface area contributed by atoms with Gasteiger partial charge in [-0.05, 0) is 167 Å². The van der Waals surface area contributed by atoms with Gasteiger partial charge < -0.3 is 0 Å². The molecule has 0 heterocycles. The highest BCUT2D eigenvalue weighted by atomic mass is 14.4. The Hall–Kier alpha value is -7.54. The predicted octanol–water partition coefficient (Wildman–Crippen LogP) is 17.1. The summed E-state index contributed by atoms with van der Waals surface area (Å²) < 4.78 is 0. The fourth-order valence-electron chi connectivity index (χ4n) is 10.9. The Labute approximate surface area is 355 Å². The Morgan fingerprint density at radius 2 is 0.656 bits per heavy atom. The molecule has 0 nitrogen and oxygen atoms in total.